The smallest absolute Gasteiger partial charge is 0.160 e. The van der Waals surface area contributed by atoms with Gasteiger partial charge in [0.05, 0.1) is 17.6 Å². The number of aromatic nitrogens is 4. The molecule has 4 rings (SSSR count). The fraction of sp³-hybridized carbons (Fsp3) is 0.267. The second-order valence-electron chi connectivity index (χ2n) is 5.15. The summed E-state index contributed by atoms with van der Waals surface area (Å²) in [5.74, 6) is 0.964. The minimum Gasteiger partial charge on any atom is -0.349 e. The number of benzene rings is 1. The van der Waals surface area contributed by atoms with Gasteiger partial charge in [0.15, 0.2) is 5.65 Å². The lowest BCUT2D eigenvalue weighted by Crippen LogP contribution is -2.34. The van der Waals surface area contributed by atoms with Gasteiger partial charge in [-0.25, -0.2) is 9.97 Å². The van der Waals surface area contributed by atoms with Crippen LogP contribution in [0.5, 0.6) is 0 Å². The third kappa shape index (κ3) is 1.59. The van der Waals surface area contributed by atoms with E-state index in [1.54, 1.807) is 12.5 Å². The van der Waals surface area contributed by atoms with Crippen molar-refractivity contribution in [1.82, 2.24) is 20.2 Å². The maximum Gasteiger partial charge on any atom is 0.160 e. The van der Waals surface area contributed by atoms with Crippen molar-refractivity contribution in [2.75, 3.05) is 11.4 Å². The molecule has 3 heterocycles. The highest BCUT2D eigenvalue weighted by molar-refractivity contribution is 5.86. The minimum atomic E-state index is 0.313. The van der Waals surface area contributed by atoms with E-state index in [4.69, 9.17) is 0 Å². The zero-order valence-electron chi connectivity index (χ0n) is 11.2. The highest BCUT2D eigenvalue weighted by atomic mass is 15.2. The molecule has 0 saturated carbocycles. The van der Waals surface area contributed by atoms with E-state index in [0.29, 0.717) is 6.04 Å². The molecule has 1 N–H and O–H groups in total. The van der Waals surface area contributed by atoms with Gasteiger partial charge in [0.1, 0.15) is 12.1 Å². The molecule has 0 bridgehead atoms. The highest BCUT2D eigenvalue weighted by Gasteiger charge is 2.26. The molecule has 1 aromatic carbocycles. The van der Waals surface area contributed by atoms with Crippen LogP contribution in [0.1, 0.15) is 24.1 Å². The normalized spacial score (nSPS) is 18.2. The van der Waals surface area contributed by atoms with Crippen molar-refractivity contribution in [1.29, 1.82) is 0 Å². The van der Waals surface area contributed by atoms with E-state index in [0.717, 1.165) is 29.8 Å². The fourth-order valence-corrected chi connectivity index (χ4v) is 3.04. The predicted molar refractivity (Wildman–Crippen MR) is 77.6 cm³/mol. The average Bonchev–Trinajstić information content (AvgIpc) is 2.97. The summed E-state index contributed by atoms with van der Waals surface area (Å²) in [6.45, 7) is 3.20. The first-order valence-electron chi connectivity index (χ1n) is 6.83. The Hall–Kier alpha value is -2.43. The fourth-order valence-electron chi connectivity index (χ4n) is 3.04. The summed E-state index contributed by atoms with van der Waals surface area (Å²) in [6, 6.07) is 8.95. The van der Waals surface area contributed by atoms with Gasteiger partial charge in [0.25, 0.3) is 0 Å². The average molecular weight is 265 g/mol. The van der Waals surface area contributed by atoms with Crippen molar-refractivity contribution in [3.63, 3.8) is 0 Å². The van der Waals surface area contributed by atoms with Crippen molar-refractivity contribution in [2.45, 2.75) is 19.4 Å². The lowest BCUT2D eigenvalue weighted by atomic mass is 9.93. The van der Waals surface area contributed by atoms with E-state index in [1.807, 2.05) is 0 Å². The van der Waals surface area contributed by atoms with Crippen molar-refractivity contribution in [3.8, 4) is 0 Å². The van der Waals surface area contributed by atoms with Gasteiger partial charge >= 0.3 is 0 Å². The molecule has 2 aromatic heterocycles. The summed E-state index contributed by atoms with van der Waals surface area (Å²) in [4.78, 5) is 11.0. The molecule has 0 radical (unpaired) electrons. The third-order valence-corrected chi connectivity index (χ3v) is 4.09. The van der Waals surface area contributed by atoms with Crippen LogP contribution in [-0.4, -0.2) is 26.7 Å². The molecule has 1 unspecified atom stereocenters. The molecule has 100 valence electrons. The zero-order valence-corrected chi connectivity index (χ0v) is 11.2. The summed E-state index contributed by atoms with van der Waals surface area (Å²) in [5, 5.41) is 7.96. The molecule has 5 heteroatoms. The first kappa shape index (κ1) is 11.4. The van der Waals surface area contributed by atoms with Gasteiger partial charge < -0.3 is 4.90 Å². The molecule has 3 aromatic rings. The summed E-state index contributed by atoms with van der Waals surface area (Å²) in [5.41, 5.74) is 3.61. The largest absolute Gasteiger partial charge is 0.349 e. The number of fused-ring (bicyclic) bond motifs is 2. The van der Waals surface area contributed by atoms with Gasteiger partial charge in [-0.15, -0.1) is 0 Å². The number of aromatic amines is 1. The van der Waals surface area contributed by atoms with Crippen LogP contribution in [-0.2, 0) is 6.42 Å². The van der Waals surface area contributed by atoms with Crippen LogP contribution in [0.3, 0.4) is 0 Å². The van der Waals surface area contributed by atoms with E-state index in [-0.39, 0.29) is 0 Å². The van der Waals surface area contributed by atoms with E-state index < -0.39 is 0 Å². The van der Waals surface area contributed by atoms with Crippen molar-refractivity contribution in [2.24, 2.45) is 0 Å². The molecule has 0 saturated heterocycles. The molecule has 1 aliphatic heterocycles. The van der Waals surface area contributed by atoms with Crippen LogP contribution in [0.25, 0.3) is 11.0 Å². The molecule has 20 heavy (non-hydrogen) atoms. The van der Waals surface area contributed by atoms with Gasteiger partial charge in [0, 0.05) is 6.54 Å². The molecule has 0 fully saturated rings. The second-order valence-corrected chi connectivity index (χ2v) is 5.15. The number of rotatable bonds is 1. The highest BCUT2D eigenvalue weighted by Crippen LogP contribution is 2.34. The summed E-state index contributed by atoms with van der Waals surface area (Å²) in [7, 11) is 0. The van der Waals surface area contributed by atoms with Crippen LogP contribution in [0.15, 0.2) is 36.8 Å². The number of nitrogens with zero attached hydrogens (tertiary/aromatic N) is 4. The molecule has 0 amide bonds. The SMILES string of the molecule is CC1c2ccccc2CCN1c1ncnc2[nH]ncc12. The van der Waals surface area contributed by atoms with E-state index in [2.05, 4.69) is 56.3 Å². The second kappa shape index (κ2) is 4.30. The Labute approximate surface area is 116 Å². The first-order valence-corrected chi connectivity index (χ1v) is 6.83. The molecule has 0 aliphatic carbocycles. The summed E-state index contributed by atoms with van der Waals surface area (Å²) < 4.78 is 0. The quantitative estimate of drug-likeness (QED) is 0.734. The van der Waals surface area contributed by atoms with Gasteiger partial charge in [-0.2, -0.15) is 5.10 Å². The number of nitrogens with one attached hydrogen (secondary N) is 1. The Morgan fingerprint density at radius 1 is 1.25 bits per heavy atom. The molecule has 0 spiro atoms. The topological polar surface area (TPSA) is 57.7 Å². The summed E-state index contributed by atoms with van der Waals surface area (Å²) in [6.07, 6.45) is 4.45. The van der Waals surface area contributed by atoms with Crippen molar-refractivity contribution >= 4 is 16.9 Å². The zero-order chi connectivity index (χ0) is 13.5. The summed E-state index contributed by atoms with van der Waals surface area (Å²) >= 11 is 0. The van der Waals surface area contributed by atoms with Crippen LogP contribution < -0.4 is 4.90 Å². The van der Waals surface area contributed by atoms with Crippen molar-refractivity contribution < 1.29 is 0 Å². The third-order valence-electron chi connectivity index (χ3n) is 4.09. The molecule has 1 atom stereocenters. The molecule has 5 nitrogen and oxygen atoms in total. The first-order chi connectivity index (χ1) is 9.84. The lowest BCUT2D eigenvalue weighted by molar-refractivity contribution is 0.619. The van der Waals surface area contributed by atoms with Gasteiger partial charge in [0.2, 0.25) is 0 Å². The Morgan fingerprint density at radius 2 is 2.15 bits per heavy atom. The maximum absolute atomic E-state index is 4.48. The molecule has 1 aliphatic rings. The monoisotopic (exact) mass is 265 g/mol. The number of H-pyrrole nitrogens is 1. The van der Waals surface area contributed by atoms with Crippen LogP contribution >= 0.6 is 0 Å². The minimum absolute atomic E-state index is 0.313. The lowest BCUT2D eigenvalue weighted by Gasteiger charge is -2.36. The predicted octanol–water partition coefficient (Wildman–Crippen LogP) is 2.48. The van der Waals surface area contributed by atoms with Crippen LogP contribution in [0, 0.1) is 0 Å². The van der Waals surface area contributed by atoms with E-state index >= 15 is 0 Å². The number of anilines is 1. The Kier molecular flexibility index (Phi) is 2.45. The number of hydrogen-bond acceptors (Lipinski definition) is 4. The Balaban J connectivity index is 1.82. The van der Waals surface area contributed by atoms with Crippen molar-refractivity contribution in [3.05, 3.63) is 47.9 Å². The molecular formula is C15H15N5. The Morgan fingerprint density at radius 3 is 3.10 bits per heavy atom. The number of hydrogen-bond donors (Lipinski definition) is 1. The van der Waals surface area contributed by atoms with Gasteiger partial charge in [-0.05, 0) is 24.5 Å². The van der Waals surface area contributed by atoms with Gasteiger partial charge in [-0.3, -0.25) is 5.10 Å². The maximum atomic E-state index is 4.48. The van der Waals surface area contributed by atoms with Crippen LogP contribution in [0.2, 0.25) is 0 Å². The molecular weight excluding hydrogens is 250 g/mol. The Bertz CT molecular complexity index is 764. The van der Waals surface area contributed by atoms with E-state index in [1.165, 1.54) is 11.1 Å². The van der Waals surface area contributed by atoms with Gasteiger partial charge in [-0.1, -0.05) is 24.3 Å². The van der Waals surface area contributed by atoms with Crippen LogP contribution in [0.4, 0.5) is 5.82 Å². The van der Waals surface area contributed by atoms with E-state index in [9.17, 15) is 0 Å². The standard InChI is InChI=1S/C15H15N5/c1-10-12-5-3-2-4-11(12)6-7-20(10)15-13-8-18-19-14(13)16-9-17-15/h2-5,8-10H,6-7H2,1H3,(H,16,17,18,19).